The first-order valence-electron chi connectivity index (χ1n) is 15.1. The minimum atomic E-state index is -3.02. The first-order valence-corrected chi connectivity index (χ1v) is 16.5. The molecule has 1 heterocycles. The lowest BCUT2D eigenvalue weighted by Gasteiger charge is -2.13. The lowest BCUT2D eigenvalue weighted by atomic mass is 10.0. The number of imidazole rings is 1. The molecule has 0 fully saturated rings. The Morgan fingerprint density at radius 2 is 1.74 bits per heavy atom. The number of aromatic nitrogens is 2. The largest absolute Gasteiger partial charge is 0.611 e. The number of aryl methyl sites for hydroxylation is 2. The Balaban J connectivity index is 1.40. The maximum Gasteiger partial charge on any atom is 0.387 e. The first-order chi connectivity index (χ1) is 22.3. The van der Waals surface area contributed by atoms with Crippen LogP contribution >= 0.6 is 0 Å². The van der Waals surface area contributed by atoms with Crippen LogP contribution in [0.3, 0.4) is 0 Å². The van der Waals surface area contributed by atoms with Crippen molar-refractivity contribution in [2.75, 3.05) is 25.1 Å². The van der Waals surface area contributed by atoms with Crippen LogP contribution in [0, 0.1) is 6.92 Å². The first kappa shape index (κ1) is 34.7. The Kier molecular flexibility index (Phi) is 13.2. The summed E-state index contributed by atoms with van der Waals surface area (Å²) in [6, 6.07) is 18.9. The molecule has 0 spiro atoms. The van der Waals surface area contributed by atoms with Gasteiger partial charge in [0.05, 0.1) is 24.3 Å². The molecule has 4 rings (SSSR count). The third-order valence-electron chi connectivity index (χ3n) is 6.94. The molecule has 1 amide bonds. The molecule has 0 unspecified atom stereocenters. The molecule has 0 bridgehead atoms. The lowest BCUT2D eigenvalue weighted by Crippen LogP contribution is -2.11. The monoisotopic (exact) mass is 651 g/mol. The molecular weight excluding hydrogens is 612 g/mol. The van der Waals surface area contributed by atoms with E-state index in [0.717, 1.165) is 41.9 Å². The Labute approximate surface area is 271 Å². The summed E-state index contributed by atoms with van der Waals surface area (Å²) in [5.41, 5.74) is 4.19. The number of nitrogens with zero attached hydrogens (tertiary/aromatic N) is 2. The minimum Gasteiger partial charge on any atom is -0.611 e. The van der Waals surface area contributed by atoms with E-state index in [4.69, 9.17) is 14.2 Å². The fourth-order valence-corrected chi connectivity index (χ4v) is 5.88. The van der Waals surface area contributed by atoms with E-state index in [-0.39, 0.29) is 5.75 Å². The lowest BCUT2D eigenvalue weighted by molar-refractivity contribution is -0.111. The van der Waals surface area contributed by atoms with Crippen LogP contribution in [0.15, 0.2) is 84.0 Å². The Morgan fingerprint density at radius 1 is 1.00 bits per heavy atom. The number of rotatable bonds is 17. The minimum absolute atomic E-state index is 0.0582. The number of hydrogen-bond acceptors (Lipinski definition) is 6. The molecule has 1 aromatic heterocycles. The molecule has 244 valence electrons. The van der Waals surface area contributed by atoms with Crippen LogP contribution in [0.4, 0.5) is 14.5 Å². The van der Waals surface area contributed by atoms with Gasteiger partial charge in [-0.2, -0.15) is 8.78 Å². The number of halogens is 2. The van der Waals surface area contributed by atoms with Gasteiger partial charge in [-0.3, -0.25) is 4.79 Å². The standard InChI is InChI=1S/C35H39F2N3O5S/c1-4-18-40-24-38-25(3)32(40)23-46(42)31-14-10-29(11-15-31)39-34(41)17-9-28-22-27(8-16-33(28)45-35(36)37)26-6-12-30(13-7-26)44-21-20-43-19-5-2/h6-17,22,24,35H,4-5,18-21,23H2,1-3H3,(H,39,41)/b17-9+/t46-/m1/s1. The summed E-state index contributed by atoms with van der Waals surface area (Å²) in [7, 11) is 0. The van der Waals surface area contributed by atoms with E-state index in [1.54, 1.807) is 42.7 Å². The summed E-state index contributed by atoms with van der Waals surface area (Å²) in [5.74, 6) is 0.504. The van der Waals surface area contributed by atoms with Crippen LogP contribution in [-0.4, -0.2) is 46.4 Å². The van der Waals surface area contributed by atoms with Gasteiger partial charge in [0.25, 0.3) is 0 Å². The van der Waals surface area contributed by atoms with Crippen LogP contribution in [0.1, 0.15) is 43.6 Å². The second-order valence-electron chi connectivity index (χ2n) is 10.4. The molecule has 46 heavy (non-hydrogen) atoms. The topological polar surface area (TPSA) is 97.7 Å². The van der Waals surface area contributed by atoms with E-state index in [1.807, 2.05) is 42.7 Å². The summed E-state index contributed by atoms with van der Waals surface area (Å²) in [6.45, 7) is 5.44. The molecule has 1 N–H and O–H groups in total. The SMILES string of the molecule is CCCOCCOc1ccc(-c2ccc(OC(F)F)c(/C=C/C(=O)Nc3ccc([S@+]([O-])Cc4c(C)ncn4CCC)cc3)c2)cc1. The smallest absolute Gasteiger partial charge is 0.387 e. The molecule has 11 heteroatoms. The van der Waals surface area contributed by atoms with Crippen LogP contribution in [0.5, 0.6) is 11.5 Å². The van der Waals surface area contributed by atoms with Gasteiger partial charge in [0.1, 0.15) is 18.1 Å². The molecule has 0 saturated carbocycles. The number of alkyl halides is 2. The number of benzene rings is 3. The zero-order valence-electron chi connectivity index (χ0n) is 26.2. The summed E-state index contributed by atoms with van der Waals surface area (Å²) >= 11 is -1.29. The average molecular weight is 652 g/mol. The van der Waals surface area contributed by atoms with Gasteiger partial charge in [-0.1, -0.05) is 32.0 Å². The number of carbonyl (C=O) groups excluding carboxylic acids is 1. The van der Waals surface area contributed by atoms with E-state index < -0.39 is 23.7 Å². The van der Waals surface area contributed by atoms with E-state index in [1.165, 1.54) is 18.2 Å². The number of anilines is 1. The highest BCUT2D eigenvalue weighted by Crippen LogP contribution is 2.30. The summed E-state index contributed by atoms with van der Waals surface area (Å²) in [5, 5.41) is 2.75. The zero-order valence-corrected chi connectivity index (χ0v) is 27.0. The van der Waals surface area contributed by atoms with Crippen LogP contribution in [0.25, 0.3) is 17.2 Å². The van der Waals surface area contributed by atoms with Crippen LogP contribution in [-0.2, 0) is 33.0 Å². The van der Waals surface area contributed by atoms with Gasteiger partial charge in [-0.05, 0) is 96.7 Å². The highest BCUT2D eigenvalue weighted by Gasteiger charge is 2.18. The number of ether oxygens (including phenoxy) is 3. The molecule has 0 saturated heterocycles. The van der Waals surface area contributed by atoms with Gasteiger partial charge in [-0.25, -0.2) is 4.98 Å². The quantitative estimate of drug-likeness (QED) is 0.0716. The zero-order chi connectivity index (χ0) is 32.9. The second-order valence-corrected chi connectivity index (χ2v) is 11.9. The molecule has 4 aromatic rings. The maximum atomic E-state index is 13.1. The van der Waals surface area contributed by atoms with E-state index in [0.29, 0.717) is 47.5 Å². The molecule has 0 aliphatic heterocycles. The van der Waals surface area contributed by atoms with Crippen molar-refractivity contribution in [1.29, 1.82) is 0 Å². The number of amides is 1. The second kappa shape index (κ2) is 17.5. The van der Waals surface area contributed by atoms with Crippen molar-refractivity contribution in [3.63, 3.8) is 0 Å². The fourth-order valence-electron chi connectivity index (χ4n) is 4.65. The molecule has 0 radical (unpaired) electrons. The van der Waals surface area contributed by atoms with Crippen LogP contribution in [0.2, 0.25) is 0 Å². The van der Waals surface area contributed by atoms with Gasteiger partial charge in [-0.15, -0.1) is 0 Å². The Bertz CT molecular complexity index is 1580. The van der Waals surface area contributed by atoms with Gasteiger partial charge < -0.3 is 28.6 Å². The predicted octanol–water partition coefficient (Wildman–Crippen LogP) is 7.64. The van der Waals surface area contributed by atoms with Crippen molar-refractivity contribution < 1.29 is 32.3 Å². The predicted molar refractivity (Wildman–Crippen MR) is 177 cm³/mol. The molecular formula is C35H39F2N3O5S. The van der Waals surface area contributed by atoms with Crippen LogP contribution < -0.4 is 14.8 Å². The molecule has 1 atom stereocenters. The Hall–Kier alpha value is -4.19. The highest BCUT2D eigenvalue weighted by molar-refractivity contribution is 7.90. The van der Waals surface area contributed by atoms with Gasteiger partial charge in [0, 0.05) is 30.5 Å². The van der Waals surface area contributed by atoms with Crippen molar-refractivity contribution in [3.8, 4) is 22.6 Å². The van der Waals surface area contributed by atoms with Gasteiger partial charge in [0.2, 0.25) is 5.91 Å². The van der Waals surface area contributed by atoms with E-state index in [9.17, 15) is 18.1 Å². The number of hydrogen-bond donors (Lipinski definition) is 1. The van der Waals surface area contributed by atoms with Crippen molar-refractivity contribution in [2.24, 2.45) is 0 Å². The summed E-state index contributed by atoms with van der Waals surface area (Å²) < 4.78 is 57.1. The summed E-state index contributed by atoms with van der Waals surface area (Å²) in [4.78, 5) is 17.7. The third kappa shape index (κ3) is 10.2. The van der Waals surface area contributed by atoms with E-state index in [2.05, 4.69) is 17.2 Å². The summed E-state index contributed by atoms with van der Waals surface area (Å²) in [6.07, 6.45) is 6.35. The van der Waals surface area contributed by atoms with Gasteiger partial charge in [0.15, 0.2) is 10.6 Å². The van der Waals surface area contributed by atoms with Crippen molar-refractivity contribution in [1.82, 2.24) is 9.55 Å². The Morgan fingerprint density at radius 3 is 2.43 bits per heavy atom. The average Bonchev–Trinajstić information content (AvgIpc) is 3.39. The van der Waals surface area contributed by atoms with Crippen molar-refractivity contribution in [3.05, 3.63) is 96.1 Å². The van der Waals surface area contributed by atoms with Crippen molar-refractivity contribution >= 4 is 28.8 Å². The highest BCUT2D eigenvalue weighted by atomic mass is 32.2. The molecule has 3 aromatic carbocycles. The van der Waals surface area contributed by atoms with E-state index >= 15 is 0 Å². The molecule has 8 nitrogen and oxygen atoms in total. The third-order valence-corrected chi connectivity index (χ3v) is 8.28. The van der Waals surface area contributed by atoms with Crippen molar-refractivity contribution in [2.45, 2.75) is 57.4 Å². The normalized spacial score (nSPS) is 12.1. The molecule has 0 aliphatic rings. The van der Waals surface area contributed by atoms with Gasteiger partial charge >= 0.3 is 6.61 Å². The fraction of sp³-hybridized carbons (Fsp3) is 0.314. The molecule has 0 aliphatic carbocycles. The maximum absolute atomic E-state index is 13.1. The number of carbonyl (C=O) groups is 1. The number of nitrogens with one attached hydrogen (secondary N) is 1.